The average molecular weight is 381 g/mol. The molecule has 0 bridgehead atoms. The number of hydrogen-bond acceptors (Lipinski definition) is 2. The van der Waals surface area contributed by atoms with Crippen LogP contribution in [-0.2, 0) is 16.0 Å². The van der Waals surface area contributed by atoms with Crippen LogP contribution < -0.4 is 10.2 Å². The molecule has 0 aliphatic carbocycles. The van der Waals surface area contributed by atoms with E-state index in [0.717, 1.165) is 10.5 Å². The fraction of sp³-hybridized carbons (Fsp3) is 0.562. The highest BCUT2D eigenvalue weighted by atomic mass is 35.6. The van der Waals surface area contributed by atoms with Gasteiger partial charge in [-0.25, -0.2) is 0 Å². The maximum absolute atomic E-state index is 12.3. The van der Waals surface area contributed by atoms with Gasteiger partial charge in [0.1, 0.15) is 25.3 Å². The highest BCUT2D eigenvalue weighted by Gasteiger charge is 2.44. The number of quaternary nitrogens is 1. The molecule has 3 atom stereocenters. The van der Waals surface area contributed by atoms with Crippen LogP contribution in [0.5, 0.6) is 0 Å². The molecule has 0 saturated carbocycles. The molecule has 1 aliphatic rings. The Kier molecular flexibility index (Phi) is 6.57. The monoisotopic (exact) mass is 379 g/mol. The number of alkyl halides is 3. The number of rotatable bonds is 4. The zero-order valence-corrected chi connectivity index (χ0v) is 15.5. The smallest absolute Gasteiger partial charge is 0.262 e. The lowest BCUT2D eigenvalue weighted by Crippen LogP contribution is -3.22. The maximum Gasteiger partial charge on any atom is 0.262 e. The van der Waals surface area contributed by atoms with E-state index >= 15 is 0 Å². The Bertz CT molecular complexity index is 512. The highest BCUT2D eigenvalue weighted by molar-refractivity contribution is 6.68. The fourth-order valence-corrected chi connectivity index (χ4v) is 3.59. The predicted molar refractivity (Wildman–Crippen MR) is 93.1 cm³/mol. The number of morpholine rings is 1. The van der Waals surface area contributed by atoms with E-state index in [4.69, 9.17) is 39.5 Å². The van der Waals surface area contributed by atoms with Gasteiger partial charge in [-0.15, -0.1) is 0 Å². The molecule has 1 heterocycles. The van der Waals surface area contributed by atoms with Gasteiger partial charge in [0.2, 0.25) is 12.1 Å². The molecule has 1 aromatic rings. The van der Waals surface area contributed by atoms with Crippen LogP contribution in [0.3, 0.4) is 0 Å². The van der Waals surface area contributed by atoms with Crippen molar-refractivity contribution in [3.8, 4) is 0 Å². The first-order chi connectivity index (χ1) is 10.8. The number of nitrogens with one attached hydrogen (secondary N) is 2. The van der Waals surface area contributed by atoms with Gasteiger partial charge in [-0.3, -0.25) is 4.79 Å². The van der Waals surface area contributed by atoms with Crippen LogP contribution in [0, 0.1) is 0 Å². The number of amides is 1. The second-order valence-electron chi connectivity index (χ2n) is 6.03. The molecule has 0 unspecified atom stereocenters. The van der Waals surface area contributed by atoms with Crippen LogP contribution in [-0.4, -0.2) is 41.2 Å². The number of ether oxygens (including phenoxy) is 1. The van der Waals surface area contributed by atoms with Gasteiger partial charge < -0.3 is 15.0 Å². The third-order valence-electron chi connectivity index (χ3n) is 3.81. The van der Waals surface area contributed by atoms with Crippen LogP contribution >= 0.6 is 34.8 Å². The van der Waals surface area contributed by atoms with Crippen LogP contribution in [0.25, 0.3) is 0 Å². The Morgan fingerprint density at radius 2 is 1.83 bits per heavy atom. The molecule has 0 spiro atoms. The van der Waals surface area contributed by atoms with E-state index in [1.165, 1.54) is 0 Å². The molecular formula is C16H22Cl3N2O2+. The Morgan fingerprint density at radius 3 is 2.35 bits per heavy atom. The van der Waals surface area contributed by atoms with Gasteiger partial charge in [-0.1, -0.05) is 65.1 Å². The van der Waals surface area contributed by atoms with Crippen molar-refractivity contribution in [3.05, 3.63) is 35.9 Å². The summed E-state index contributed by atoms with van der Waals surface area (Å²) in [7, 11) is 0. The molecule has 128 valence electrons. The first-order valence-corrected chi connectivity index (χ1v) is 8.79. The summed E-state index contributed by atoms with van der Waals surface area (Å²) in [6.07, 6.45) is -0.255. The minimum Gasteiger partial charge on any atom is -0.364 e. The maximum atomic E-state index is 12.3. The molecule has 23 heavy (non-hydrogen) atoms. The summed E-state index contributed by atoms with van der Waals surface area (Å²) < 4.78 is 4.13. The van der Waals surface area contributed by atoms with Gasteiger partial charge >= 0.3 is 0 Å². The highest BCUT2D eigenvalue weighted by Crippen LogP contribution is 2.28. The van der Waals surface area contributed by atoms with Gasteiger partial charge in [0.15, 0.2) is 0 Å². The summed E-state index contributed by atoms with van der Waals surface area (Å²) in [6, 6.07) is 9.49. The minimum absolute atomic E-state index is 0.0506. The van der Waals surface area contributed by atoms with E-state index < -0.39 is 9.96 Å². The quantitative estimate of drug-likeness (QED) is 0.781. The lowest BCUT2D eigenvalue weighted by atomic mass is 10.1. The number of benzene rings is 1. The largest absolute Gasteiger partial charge is 0.364 e. The lowest BCUT2D eigenvalue weighted by molar-refractivity contribution is -0.941. The van der Waals surface area contributed by atoms with Gasteiger partial charge in [0.05, 0.1) is 6.42 Å². The zero-order chi connectivity index (χ0) is 17.0. The topological polar surface area (TPSA) is 42.8 Å². The summed E-state index contributed by atoms with van der Waals surface area (Å²) in [6.45, 7) is 5.32. The standard InChI is InChI=1S/C16H21Cl3N2O2/c1-11-9-21(10-12(2)23-11)15(16(17,18)19)20-14(22)8-13-6-4-3-5-7-13/h3-7,11-12,15H,8-10H2,1-2H3,(H,20,22)/p+1/t11-,12-,15+/m1/s1. The van der Waals surface area contributed by atoms with E-state index in [1.54, 1.807) is 0 Å². The third kappa shape index (κ3) is 5.80. The molecule has 1 saturated heterocycles. The lowest BCUT2D eigenvalue weighted by Gasteiger charge is -2.39. The van der Waals surface area contributed by atoms with Gasteiger partial charge in [-0.2, -0.15) is 0 Å². The summed E-state index contributed by atoms with van der Waals surface area (Å²) in [5.74, 6) is -0.160. The molecule has 7 heteroatoms. The number of halogens is 3. The molecule has 1 aliphatic heterocycles. The van der Waals surface area contributed by atoms with Crippen LogP contribution in [0.1, 0.15) is 19.4 Å². The Hall–Kier alpha value is -0.520. The molecule has 0 aromatic heterocycles. The average Bonchev–Trinajstić information content (AvgIpc) is 2.43. The number of carbonyl (C=O) groups is 1. The second kappa shape index (κ2) is 8.04. The van der Waals surface area contributed by atoms with Crippen molar-refractivity contribution in [2.75, 3.05) is 13.1 Å². The molecule has 0 radical (unpaired) electrons. The normalized spacial score (nSPS) is 26.6. The van der Waals surface area contributed by atoms with Crippen LogP contribution in [0.2, 0.25) is 0 Å². The Balaban J connectivity index is 2.05. The summed E-state index contributed by atoms with van der Waals surface area (Å²) in [4.78, 5) is 13.4. The minimum atomic E-state index is -1.58. The van der Waals surface area contributed by atoms with Crippen LogP contribution in [0.15, 0.2) is 30.3 Å². The van der Waals surface area contributed by atoms with E-state index in [2.05, 4.69) is 5.32 Å². The van der Waals surface area contributed by atoms with Gasteiger partial charge in [0.25, 0.3) is 3.79 Å². The Morgan fingerprint density at radius 1 is 1.26 bits per heavy atom. The first-order valence-electron chi connectivity index (χ1n) is 7.65. The number of hydrogen-bond donors (Lipinski definition) is 2. The van der Waals surface area contributed by atoms with E-state index in [0.29, 0.717) is 13.1 Å². The molecule has 2 rings (SSSR count). The van der Waals surface area contributed by atoms with Crippen molar-refractivity contribution >= 4 is 40.7 Å². The molecule has 1 aromatic carbocycles. The SMILES string of the molecule is C[C@@H]1C[NH+]([C@H](NC(=O)Cc2ccccc2)C(Cl)(Cl)Cl)C[C@@H](C)O1. The third-order valence-corrected chi connectivity index (χ3v) is 4.47. The van der Waals surface area contributed by atoms with Crippen molar-refractivity contribution in [2.45, 2.75) is 42.4 Å². The van der Waals surface area contributed by atoms with Crippen LogP contribution in [0.4, 0.5) is 0 Å². The van der Waals surface area contributed by atoms with E-state index in [9.17, 15) is 4.79 Å². The van der Waals surface area contributed by atoms with E-state index in [-0.39, 0.29) is 24.5 Å². The van der Waals surface area contributed by atoms with Gasteiger partial charge in [-0.05, 0) is 19.4 Å². The summed E-state index contributed by atoms with van der Waals surface area (Å²) >= 11 is 18.4. The van der Waals surface area contributed by atoms with Crippen molar-refractivity contribution in [1.82, 2.24) is 5.32 Å². The Labute approximate surface area is 152 Å². The molecule has 4 nitrogen and oxygen atoms in total. The predicted octanol–water partition coefficient (Wildman–Crippen LogP) is 1.73. The molecule has 1 fully saturated rings. The van der Waals surface area contributed by atoms with Gasteiger partial charge in [0, 0.05) is 0 Å². The molecular weight excluding hydrogens is 359 g/mol. The van der Waals surface area contributed by atoms with Crippen molar-refractivity contribution in [1.29, 1.82) is 0 Å². The van der Waals surface area contributed by atoms with Crippen molar-refractivity contribution in [3.63, 3.8) is 0 Å². The zero-order valence-electron chi connectivity index (χ0n) is 13.2. The fourth-order valence-electron chi connectivity index (χ4n) is 2.96. The summed E-state index contributed by atoms with van der Waals surface area (Å²) in [5, 5.41) is 2.89. The first kappa shape index (κ1) is 18.8. The van der Waals surface area contributed by atoms with Crippen molar-refractivity contribution < 1.29 is 14.4 Å². The molecule has 1 amide bonds. The van der Waals surface area contributed by atoms with Crippen molar-refractivity contribution in [2.24, 2.45) is 0 Å². The number of carbonyl (C=O) groups excluding carboxylic acids is 1. The van der Waals surface area contributed by atoms with E-state index in [1.807, 2.05) is 44.2 Å². The summed E-state index contributed by atoms with van der Waals surface area (Å²) in [5.41, 5.74) is 0.923. The second-order valence-corrected chi connectivity index (χ2v) is 8.40. The molecule has 2 N–H and O–H groups in total.